The average molecular weight is 416 g/mol. The van der Waals surface area contributed by atoms with Crippen LogP contribution in [0.1, 0.15) is 45.9 Å². The lowest BCUT2D eigenvalue weighted by Gasteiger charge is -2.21. The first-order valence-corrected chi connectivity index (χ1v) is 10.8. The van der Waals surface area contributed by atoms with E-state index in [2.05, 4.69) is 6.92 Å². The summed E-state index contributed by atoms with van der Waals surface area (Å²) < 4.78 is 16.0. The van der Waals surface area contributed by atoms with E-state index in [0.717, 1.165) is 24.8 Å². The summed E-state index contributed by atoms with van der Waals surface area (Å²) in [5.74, 6) is 1.42. The number of thiophene rings is 1. The lowest BCUT2D eigenvalue weighted by molar-refractivity contribution is -0.134. The minimum absolute atomic E-state index is 0.214. The monoisotopic (exact) mass is 415 g/mol. The normalized spacial score (nSPS) is 17.0. The molecule has 0 bridgehead atoms. The zero-order chi connectivity index (χ0) is 20.4. The maximum Gasteiger partial charge on any atom is 0.348 e. The molecule has 1 amide bonds. The van der Waals surface area contributed by atoms with Crippen molar-refractivity contribution in [2.45, 2.75) is 39.7 Å². The number of likely N-dealkylation sites (N-methyl/N-ethyl adjacent to an activating group) is 1. The number of ether oxygens (including phenoxy) is 3. The lowest BCUT2D eigenvalue weighted by atomic mass is 9.90. The van der Waals surface area contributed by atoms with Crippen molar-refractivity contribution in [2.24, 2.45) is 5.92 Å². The van der Waals surface area contributed by atoms with E-state index in [0.29, 0.717) is 35.4 Å². The van der Waals surface area contributed by atoms with Gasteiger partial charge in [-0.25, -0.2) is 4.79 Å². The summed E-state index contributed by atoms with van der Waals surface area (Å²) in [5.41, 5.74) is 2.20. The van der Waals surface area contributed by atoms with Crippen LogP contribution in [0.5, 0.6) is 11.5 Å². The molecule has 1 atom stereocenters. The molecule has 1 aromatic carbocycles. The molecule has 29 heavy (non-hydrogen) atoms. The van der Waals surface area contributed by atoms with Crippen molar-refractivity contribution in [3.8, 4) is 11.5 Å². The van der Waals surface area contributed by atoms with Crippen LogP contribution in [0.4, 0.5) is 0 Å². The van der Waals surface area contributed by atoms with Crippen LogP contribution in [-0.4, -0.2) is 36.7 Å². The molecule has 0 unspecified atom stereocenters. The average Bonchev–Trinajstić information content (AvgIpc) is 3.35. The molecule has 2 aliphatic rings. The molecule has 6 nitrogen and oxygen atoms in total. The predicted molar refractivity (Wildman–Crippen MR) is 109 cm³/mol. The van der Waals surface area contributed by atoms with Crippen molar-refractivity contribution in [2.75, 3.05) is 19.9 Å². The lowest BCUT2D eigenvalue weighted by Crippen LogP contribution is -2.34. The molecule has 0 saturated heterocycles. The zero-order valence-electron chi connectivity index (χ0n) is 16.7. The van der Waals surface area contributed by atoms with Gasteiger partial charge in [0.15, 0.2) is 18.1 Å². The van der Waals surface area contributed by atoms with E-state index in [4.69, 9.17) is 14.2 Å². The first kappa shape index (κ1) is 19.8. The number of amides is 1. The fourth-order valence-corrected chi connectivity index (χ4v) is 4.83. The van der Waals surface area contributed by atoms with Crippen LogP contribution in [0.3, 0.4) is 0 Å². The Morgan fingerprint density at radius 3 is 2.90 bits per heavy atom. The molecule has 0 fully saturated rings. The molecular weight excluding hydrogens is 390 g/mol. The van der Waals surface area contributed by atoms with Gasteiger partial charge in [0.1, 0.15) is 4.88 Å². The molecule has 7 heteroatoms. The highest BCUT2D eigenvalue weighted by atomic mass is 32.1. The number of esters is 1. The van der Waals surface area contributed by atoms with E-state index < -0.39 is 5.97 Å². The Bertz CT molecular complexity index is 922. The molecule has 0 saturated carbocycles. The fraction of sp³-hybridized carbons (Fsp3) is 0.455. The van der Waals surface area contributed by atoms with Gasteiger partial charge in [-0.15, -0.1) is 11.3 Å². The van der Waals surface area contributed by atoms with E-state index >= 15 is 0 Å². The van der Waals surface area contributed by atoms with Gasteiger partial charge in [0, 0.05) is 18.0 Å². The molecule has 2 aromatic rings. The highest BCUT2D eigenvalue weighted by Crippen LogP contribution is 2.33. The second kappa shape index (κ2) is 8.45. The van der Waals surface area contributed by atoms with Gasteiger partial charge in [0.05, 0.1) is 0 Å². The van der Waals surface area contributed by atoms with Gasteiger partial charge < -0.3 is 19.1 Å². The molecule has 0 N–H and O–H groups in total. The molecule has 1 aromatic heterocycles. The third kappa shape index (κ3) is 4.40. The predicted octanol–water partition coefficient (Wildman–Crippen LogP) is 3.81. The van der Waals surface area contributed by atoms with Gasteiger partial charge in [-0.05, 0) is 61.4 Å². The van der Waals surface area contributed by atoms with Crippen LogP contribution in [0.2, 0.25) is 0 Å². The van der Waals surface area contributed by atoms with E-state index in [-0.39, 0.29) is 19.3 Å². The number of hydrogen-bond acceptors (Lipinski definition) is 6. The fourth-order valence-electron chi connectivity index (χ4n) is 3.73. The van der Waals surface area contributed by atoms with Gasteiger partial charge >= 0.3 is 5.97 Å². The summed E-state index contributed by atoms with van der Waals surface area (Å²) in [7, 11) is 0. The second-order valence-electron chi connectivity index (χ2n) is 7.58. The minimum atomic E-state index is -0.412. The van der Waals surface area contributed by atoms with E-state index in [1.54, 1.807) is 4.90 Å². The summed E-state index contributed by atoms with van der Waals surface area (Å²) in [6.07, 6.45) is 3.19. The maximum absolute atomic E-state index is 12.6. The number of fused-ring (bicyclic) bond motifs is 2. The smallest absolute Gasteiger partial charge is 0.348 e. The first-order chi connectivity index (χ1) is 14.0. The largest absolute Gasteiger partial charge is 0.454 e. The van der Waals surface area contributed by atoms with Crippen LogP contribution >= 0.6 is 11.3 Å². The highest BCUT2D eigenvalue weighted by molar-refractivity contribution is 7.14. The van der Waals surface area contributed by atoms with Crippen molar-refractivity contribution >= 4 is 23.2 Å². The standard InChI is InChI=1S/C22H25NO5S/c1-3-23(11-15-5-6-17-18(9-15)28-13-27-17)21(24)12-26-22(25)20-10-16-8-14(2)4-7-19(16)29-20/h5-6,9-10,14H,3-4,7-8,11-13H2,1-2H3/t14-/m0/s1. The van der Waals surface area contributed by atoms with Crippen LogP contribution in [0.15, 0.2) is 24.3 Å². The third-order valence-corrected chi connectivity index (χ3v) is 6.62. The number of carbonyl (C=O) groups is 2. The summed E-state index contributed by atoms with van der Waals surface area (Å²) in [6.45, 7) is 5.05. The Labute approximate surface area is 174 Å². The number of aryl methyl sites for hydroxylation is 1. The van der Waals surface area contributed by atoms with E-state index in [9.17, 15) is 9.59 Å². The highest BCUT2D eigenvalue weighted by Gasteiger charge is 2.23. The maximum atomic E-state index is 12.6. The summed E-state index contributed by atoms with van der Waals surface area (Å²) >= 11 is 1.50. The van der Waals surface area contributed by atoms with Crippen LogP contribution in [0, 0.1) is 5.92 Å². The quantitative estimate of drug-likeness (QED) is 0.672. The number of hydrogen-bond donors (Lipinski definition) is 0. The van der Waals surface area contributed by atoms with Crippen molar-refractivity contribution < 1.29 is 23.8 Å². The van der Waals surface area contributed by atoms with E-state index in [1.807, 2.05) is 31.2 Å². The van der Waals surface area contributed by atoms with Gasteiger partial charge in [0.2, 0.25) is 6.79 Å². The van der Waals surface area contributed by atoms with Crippen molar-refractivity contribution in [3.05, 3.63) is 45.1 Å². The summed E-state index contributed by atoms with van der Waals surface area (Å²) in [5, 5.41) is 0. The molecule has 1 aliphatic carbocycles. The van der Waals surface area contributed by atoms with Gasteiger partial charge in [-0.1, -0.05) is 13.0 Å². The molecule has 0 spiro atoms. The Balaban J connectivity index is 1.33. The molecule has 0 radical (unpaired) electrons. The summed E-state index contributed by atoms with van der Waals surface area (Å²) in [4.78, 5) is 28.5. The Hall–Kier alpha value is -2.54. The Morgan fingerprint density at radius 2 is 2.07 bits per heavy atom. The number of carbonyl (C=O) groups excluding carboxylic acids is 2. The Kier molecular flexibility index (Phi) is 5.76. The molecule has 4 rings (SSSR count). The summed E-state index contributed by atoms with van der Waals surface area (Å²) in [6, 6.07) is 7.57. The molecular formula is C22H25NO5S. The van der Waals surface area contributed by atoms with Gasteiger partial charge in [-0.2, -0.15) is 0 Å². The van der Waals surface area contributed by atoms with Crippen LogP contribution in [-0.2, 0) is 28.9 Å². The topological polar surface area (TPSA) is 65.1 Å². The molecule has 1 aliphatic heterocycles. The van der Waals surface area contributed by atoms with Crippen molar-refractivity contribution in [1.82, 2.24) is 4.90 Å². The number of benzene rings is 1. The minimum Gasteiger partial charge on any atom is -0.454 e. The van der Waals surface area contributed by atoms with Crippen LogP contribution < -0.4 is 9.47 Å². The number of rotatable bonds is 6. The van der Waals surface area contributed by atoms with E-state index in [1.165, 1.54) is 21.8 Å². The SMILES string of the molecule is CCN(Cc1ccc2c(c1)OCO2)C(=O)COC(=O)c1cc2c(s1)CC[C@H](C)C2. The molecule has 154 valence electrons. The van der Waals surface area contributed by atoms with Gasteiger partial charge in [-0.3, -0.25) is 4.79 Å². The zero-order valence-corrected chi connectivity index (χ0v) is 17.5. The van der Waals surface area contributed by atoms with Gasteiger partial charge in [0.25, 0.3) is 5.91 Å². The second-order valence-corrected chi connectivity index (χ2v) is 8.72. The Morgan fingerprint density at radius 1 is 1.24 bits per heavy atom. The van der Waals surface area contributed by atoms with Crippen molar-refractivity contribution in [1.29, 1.82) is 0 Å². The third-order valence-electron chi connectivity index (χ3n) is 5.40. The van der Waals surface area contributed by atoms with Crippen molar-refractivity contribution in [3.63, 3.8) is 0 Å². The molecule has 2 heterocycles. The number of nitrogens with zero attached hydrogens (tertiary/aromatic N) is 1. The van der Waals surface area contributed by atoms with Crippen LogP contribution in [0.25, 0.3) is 0 Å². The first-order valence-electron chi connectivity index (χ1n) is 9.98.